The van der Waals surface area contributed by atoms with Crippen LogP contribution in [0.15, 0.2) is 36.5 Å². The van der Waals surface area contributed by atoms with Crippen molar-refractivity contribution in [2.75, 3.05) is 36.5 Å². The van der Waals surface area contributed by atoms with Gasteiger partial charge in [0.05, 0.1) is 23.6 Å². The van der Waals surface area contributed by atoms with Crippen LogP contribution in [0.25, 0.3) is 0 Å². The molecule has 1 aromatic heterocycles. The van der Waals surface area contributed by atoms with E-state index in [2.05, 4.69) is 39.0 Å². The summed E-state index contributed by atoms with van der Waals surface area (Å²) in [4.78, 5) is 27.3. The maximum Gasteiger partial charge on any atom is 0.225 e. The molecule has 0 spiro atoms. The minimum atomic E-state index is 0.111. The van der Waals surface area contributed by atoms with Gasteiger partial charge in [0.25, 0.3) is 0 Å². The van der Waals surface area contributed by atoms with Crippen LogP contribution in [0.1, 0.15) is 19.0 Å². The zero-order chi connectivity index (χ0) is 17.4. The first kappa shape index (κ1) is 15.9. The van der Waals surface area contributed by atoms with Crippen molar-refractivity contribution in [1.29, 1.82) is 0 Å². The standard InChI is InChI=1S/C19H23N5O/c1-14(25)22(2)16-8-10-23(13-16)19-20-12-18-17(21-19)9-11-24(18)15-6-4-3-5-7-15/h3-7,12,16H,8-11,13H2,1-2H3/t16-/m1/s1. The molecule has 0 saturated carbocycles. The molecule has 6 nitrogen and oxygen atoms in total. The highest BCUT2D eigenvalue weighted by Gasteiger charge is 2.30. The summed E-state index contributed by atoms with van der Waals surface area (Å²) in [6.07, 6.45) is 3.84. The fraction of sp³-hybridized carbons (Fsp3) is 0.421. The number of benzene rings is 1. The van der Waals surface area contributed by atoms with Crippen molar-refractivity contribution in [3.8, 4) is 0 Å². The molecule has 2 aliphatic heterocycles. The van der Waals surface area contributed by atoms with Gasteiger partial charge in [-0.15, -0.1) is 0 Å². The Hall–Kier alpha value is -2.63. The normalized spacial score (nSPS) is 19.2. The van der Waals surface area contributed by atoms with Crippen molar-refractivity contribution in [3.63, 3.8) is 0 Å². The molecule has 1 amide bonds. The number of aromatic nitrogens is 2. The van der Waals surface area contributed by atoms with Crippen molar-refractivity contribution in [2.24, 2.45) is 0 Å². The second kappa shape index (κ2) is 6.35. The fourth-order valence-electron chi connectivity index (χ4n) is 3.67. The largest absolute Gasteiger partial charge is 0.341 e. The van der Waals surface area contributed by atoms with E-state index in [1.807, 2.05) is 24.2 Å². The van der Waals surface area contributed by atoms with Crippen LogP contribution in [0.5, 0.6) is 0 Å². The van der Waals surface area contributed by atoms with Crippen LogP contribution < -0.4 is 9.80 Å². The van der Waals surface area contributed by atoms with Gasteiger partial charge in [0, 0.05) is 45.7 Å². The Bertz CT molecular complexity index is 779. The average Bonchev–Trinajstić information content (AvgIpc) is 3.28. The van der Waals surface area contributed by atoms with E-state index in [1.54, 1.807) is 6.92 Å². The van der Waals surface area contributed by atoms with Gasteiger partial charge >= 0.3 is 0 Å². The third kappa shape index (κ3) is 2.92. The Balaban J connectivity index is 1.52. The maximum absolute atomic E-state index is 11.6. The number of fused-ring (bicyclic) bond motifs is 1. The SMILES string of the molecule is CC(=O)N(C)[C@@H]1CCN(c2ncc3c(n2)CCN3c2ccccc2)C1. The van der Waals surface area contributed by atoms with Gasteiger partial charge in [-0.05, 0) is 18.6 Å². The maximum atomic E-state index is 11.6. The Morgan fingerprint density at radius 1 is 1.24 bits per heavy atom. The summed E-state index contributed by atoms with van der Waals surface area (Å²) in [6.45, 7) is 4.25. The van der Waals surface area contributed by atoms with E-state index in [0.29, 0.717) is 0 Å². The monoisotopic (exact) mass is 337 g/mol. The van der Waals surface area contributed by atoms with Crippen molar-refractivity contribution in [2.45, 2.75) is 25.8 Å². The topological polar surface area (TPSA) is 52.6 Å². The van der Waals surface area contributed by atoms with E-state index in [9.17, 15) is 4.79 Å². The highest BCUT2D eigenvalue weighted by molar-refractivity contribution is 5.73. The number of hydrogen-bond donors (Lipinski definition) is 0. The van der Waals surface area contributed by atoms with Crippen LogP contribution >= 0.6 is 0 Å². The van der Waals surface area contributed by atoms with Crippen LogP contribution in [0.2, 0.25) is 0 Å². The molecule has 0 unspecified atom stereocenters. The molecule has 1 aromatic carbocycles. The number of anilines is 3. The lowest BCUT2D eigenvalue weighted by Crippen LogP contribution is -2.37. The smallest absolute Gasteiger partial charge is 0.225 e. The molecule has 4 rings (SSSR count). The van der Waals surface area contributed by atoms with Crippen LogP contribution in [-0.4, -0.2) is 53.5 Å². The third-order valence-electron chi connectivity index (χ3n) is 5.25. The van der Waals surface area contributed by atoms with E-state index in [4.69, 9.17) is 4.98 Å². The first-order chi connectivity index (χ1) is 12.1. The van der Waals surface area contributed by atoms with Gasteiger partial charge in [-0.25, -0.2) is 9.97 Å². The van der Waals surface area contributed by atoms with Crippen molar-refractivity contribution in [3.05, 3.63) is 42.2 Å². The van der Waals surface area contributed by atoms with E-state index >= 15 is 0 Å². The van der Waals surface area contributed by atoms with Gasteiger partial charge < -0.3 is 14.7 Å². The van der Waals surface area contributed by atoms with Crippen LogP contribution in [0.4, 0.5) is 17.3 Å². The third-order valence-corrected chi connectivity index (χ3v) is 5.25. The number of hydrogen-bond acceptors (Lipinski definition) is 5. The fourth-order valence-corrected chi connectivity index (χ4v) is 3.67. The molecule has 1 atom stereocenters. The molecule has 0 aliphatic carbocycles. The molecule has 1 saturated heterocycles. The van der Waals surface area contributed by atoms with E-state index in [0.717, 1.165) is 49.8 Å². The summed E-state index contributed by atoms with van der Waals surface area (Å²) < 4.78 is 0. The molecule has 0 radical (unpaired) electrons. The molecule has 25 heavy (non-hydrogen) atoms. The quantitative estimate of drug-likeness (QED) is 0.860. The highest BCUT2D eigenvalue weighted by atomic mass is 16.2. The Labute approximate surface area is 148 Å². The molecular formula is C19H23N5O. The molecule has 0 N–H and O–H groups in total. The summed E-state index contributed by atoms with van der Waals surface area (Å²) in [5.74, 6) is 0.897. The Morgan fingerprint density at radius 3 is 2.80 bits per heavy atom. The Kier molecular flexibility index (Phi) is 4.03. The summed E-state index contributed by atoms with van der Waals surface area (Å²) >= 11 is 0. The molecule has 2 aliphatic rings. The lowest BCUT2D eigenvalue weighted by molar-refractivity contribution is -0.129. The summed E-state index contributed by atoms with van der Waals surface area (Å²) in [6, 6.07) is 10.6. The highest BCUT2D eigenvalue weighted by Crippen LogP contribution is 2.34. The second-order valence-corrected chi connectivity index (χ2v) is 6.76. The summed E-state index contributed by atoms with van der Waals surface area (Å²) in [7, 11) is 1.87. The molecular weight excluding hydrogens is 314 g/mol. The van der Waals surface area contributed by atoms with Gasteiger partial charge in [0.1, 0.15) is 0 Å². The molecule has 2 aromatic rings. The number of carbonyl (C=O) groups is 1. The van der Waals surface area contributed by atoms with Gasteiger partial charge in [-0.1, -0.05) is 18.2 Å². The van der Waals surface area contributed by atoms with E-state index in [1.165, 1.54) is 5.69 Å². The van der Waals surface area contributed by atoms with Crippen LogP contribution in [-0.2, 0) is 11.2 Å². The number of nitrogens with zero attached hydrogens (tertiary/aromatic N) is 5. The predicted molar refractivity (Wildman–Crippen MR) is 98.2 cm³/mol. The number of likely N-dealkylation sites (N-methyl/N-ethyl adjacent to an activating group) is 1. The number of para-hydroxylation sites is 1. The summed E-state index contributed by atoms with van der Waals surface area (Å²) in [5.41, 5.74) is 3.39. The molecule has 6 heteroatoms. The van der Waals surface area contributed by atoms with Crippen molar-refractivity contribution < 1.29 is 4.79 Å². The van der Waals surface area contributed by atoms with Gasteiger partial charge in [0.2, 0.25) is 11.9 Å². The first-order valence-electron chi connectivity index (χ1n) is 8.80. The van der Waals surface area contributed by atoms with Crippen molar-refractivity contribution in [1.82, 2.24) is 14.9 Å². The molecule has 130 valence electrons. The van der Waals surface area contributed by atoms with E-state index in [-0.39, 0.29) is 11.9 Å². The van der Waals surface area contributed by atoms with Crippen LogP contribution in [0.3, 0.4) is 0 Å². The first-order valence-corrected chi connectivity index (χ1v) is 8.80. The molecule has 1 fully saturated rings. The molecule has 0 bridgehead atoms. The zero-order valence-electron chi connectivity index (χ0n) is 14.7. The molecule has 3 heterocycles. The lowest BCUT2D eigenvalue weighted by Gasteiger charge is -2.24. The predicted octanol–water partition coefficient (Wildman–Crippen LogP) is 2.23. The van der Waals surface area contributed by atoms with Gasteiger partial charge in [0.15, 0.2) is 0 Å². The van der Waals surface area contributed by atoms with Crippen molar-refractivity contribution >= 4 is 23.2 Å². The minimum absolute atomic E-state index is 0.111. The lowest BCUT2D eigenvalue weighted by atomic mass is 10.2. The number of rotatable bonds is 3. The number of amides is 1. The van der Waals surface area contributed by atoms with E-state index < -0.39 is 0 Å². The van der Waals surface area contributed by atoms with Gasteiger partial charge in [-0.2, -0.15) is 0 Å². The van der Waals surface area contributed by atoms with Crippen LogP contribution in [0, 0.1) is 0 Å². The number of carbonyl (C=O) groups excluding carboxylic acids is 1. The average molecular weight is 337 g/mol. The zero-order valence-corrected chi connectivity index (χ0v) is 14.7. The minimum Gasteiger partial charge on any atom is -0.341 e. The van der Waals surface area contributed by atoms with Gasteiger partial charge in [-0.3, -0.25) is 4.79 Å². The Morgan fingerprint density at radius 2 is 2.04 bits per heavy atom. The summed E-state index contributed by atoms with van der Waals surface area (Å²) in [5, 5.41) is 0. The second-order valence-electron chi connectivity index (χ2n) is 6.76.